The second-order valence-corrected chi connectivity index (χ2v) is 4.13. The second-order valence-electron chi connectivity index (χ2n) is 2.67. The monoisotopic (exact) mass is 190 g/mol. The fourth-order valence-corrected chi connectivity index (χ4v) is 0.448. The lowest BCUT2D eigenvalue weighted by molar-refractivity contribution is 0.153. The van der Waals surface area contributed by atoms with Crippen LogP contribution in [0.2, 0.25) is 0 Å². The van der Waals surface area contributed by atoms with Crippen LogP contribution >= 0.6 is 11.8 Å². The van der Waals surface area contributed by atoms with Gasteiger partial charge in [0.25, 0.3) is 0 Å². The Hall–Kier alpha value is -0.710. The Balaban J connectivity index is 3.83. The van der Waals surface area contributed by atoms with E-state index in [0.29, 0.717) is 0 Å². The van der Waals surface area contributed by atoms with E-state index in [1.165, 1.54) is 7.05 Å². The summed E-state index contributed by atoms with van der Waals surface area (Å²) in [7, 11) is 1.48. The minimum atomic E-state index is -0.553. The van der Waals surface area contributed by atoms with Gasteiger partial charge in [0.05, 0.1) is 6.21 Å². The third-order valence-electron chi connectivity index (χ3n) is 1.23. The van der Waals surface area contributed by atoms with Crippen LogP contribution in [0.15, 0.2) is 5.16 Å². The average Bonchev–Trinajstić information content (AvgIpc) is 2.04. The van der Waals surface area contributed by atoms with Gasteiger partial charge in [0.1, 0.15) is 0 Å². The minimum Gasteiger partial charge on any atom is -0.323 e. The van der Waals surface area contributed by atoms with Gasteiger partial charge < -0.3 is 5.32 Å². The van der Waals surface area contributed by atoms with Crippen molar-refractivity contribution in [2.45, 2.75) is 18.6 Å². The van der Waals surface area contributed by atoms with E-state index >= 15 is 0 Å². The lowest BCUT2D eigenvalue weighted by Gasteiger charge is -2.13. The zero-order chi connectivity index (χ0) is 9.61. The topological polar surface area (TPSA) is 50.7 Å². The van der Waals surface area contributed by atoms with Crippen molar-refractivity contribution >= 4 is 24.1 Å². The molecule has 0 saturated carbocycles. The predicted molar refractivity (Wildman–Crippen MR) is 51.6 cm³/mol. The van der Waals surface area contributed by atoms with Crippen LogP contribution in [-0.2, 0) is 4.84 Å². The summed E-state index contributed by atoms with van der Waals surface area (Å²) in [5.41, 5.74) is 0. The normalized spacial score (nSPS) is 11.7. The molecule has 5 heteroatoms. The van der Waals surface area contributed by atoms with Crippen molar-refractivity contribution in [1.29, 1.82) is 0 Å². The molecule has 0 atom stereocenters. The number of hydrogen-bond acceptors (Lipinski definition) is 4. The molecule has 0 radical (unpaired) electrons. The summed E-state index contributed by atoms with van der Waals surface area (Å²) in [4.78, 5) is 15.0. The third-order valence-corrected chi connectivity index (χ3v) is 2.39. The van der Waals surface area contributed by atoms with Crippen LogP contribution in [-0.4, -0.2) is 30.4 Å². The van der Waals surface area contributed by atoms with Crippen molar-refractivity contribution in [2.24, 2.45) is 5.16 Å². The Morgan fingerprint density at radius 1 is 1.67 bits per heavy atom. The maximum atomic E-state index is 10.5. The summed E-state index contributed by atoms with van der Waals surface area (Å²) in [5, 5.41) is 5.81. The van der Waals surface area contributed by atoms with Gasteiger partial charge in [0, 0.05) is 11.8 Å². The molecule has 0 aliphatic heterocycles. The molecule has 0 saturated heterocycles. The third kappa shape index (κ3) is 5.01. The fraction of sp³-hybridized carbons (Fsp3) is 0.714. The van der Waals surface area contributed by atoms with Crippen molar-refractivity contribution in [3.8, 4) is 0 Å². The van der Waals surface area contributed by atoms with Crippen LogP contribution in [0.4, 0.5) is 4.79 Å². The molecular formula is C7H14N2O2S. The highest BCUT2D eigenvalue weighted by Gasteiger charge is 2.12. The number of carbonyl (C=O) groups excluding carboxylic acids is 1. The number of nitrogens with one attached hydrogen (secondary N) is 1. The molecule has 0 aromatic rings. The van der Waals surface area contributed by atoms with Gasteiger partial charge in [-0.05, 0) is 20.1 Å². The van der Waals surface area contributed by atoms with E-state index in [1.807, 2.05) is 20.1 Å². The maximum absolute atomic E-state index is 10.5. The molecule has 0 rings (SSSR count). The van der Waals surface area contributed by atoms with Crippen LogP contribution < -0.4 is 5.32 Å². The maximum Gasteiger partial charge on any atom is 0.433 e. The summed E-state index contributed by atoms with van der Waals surface area (Å²) in [6, 6.07) is 0. The number of amides is 1. The van der Waals surface area contributed by atoms with Crippen molar-refractivity contribution < 1.29 is 9.63 Å². The van der Waals surface area contributed by atoms with Gasteiger partial charge in [0.2, 0.25) is 0 Å². The standard InChI is InChI=1S/C7H14N2O2S/c1-7(2,12-4)5-9-11-6(10)8-3/h5H,1-4H3,(H,8,10)/b9-5-. The Kier molecular flexibility index (Phi) is 4.73. The molecule has 0 aliphatic carbocycles. The number of carbonyl (C=O) groups is 1. The number of nitrogens with zero attached hydrogens (tertiary/aromatic N) is 1. The average molecular weight is 190 g/mol. The van der Waals surface area contributed by atoms with Crippen molar-refractivity contribution in [3.05, 3.63) is 0 Å². The van der Waals surface area contributed by atoms with E-state index in [-0.39, 0.29) is 4.75 Å². The highest BCUT2D eigenvalue weighted by atomic mass is 32.2. The Bertz CT molecular complexity index is 180. The summed E-state index contributed by atoms with van der Waals surface area (Å²) in [5.74, 6) is 0. The van der Waals surface area contributed by atoms with E-state index in [4.69, 9.17) is 0 Å². The van der Waals surface area contributed by atoms with E-state index in [2.05, 4.69) is 15.3 Å². The quantitative estimate of drug-likeness (QED) is 0.416. The lowest BCUT2D eigenvalue weighted by Crippen LogP contribution is -2.19. The predicted octanol–water partition coefficient (Wildman–Crippen LogP) is 1.47. The van der Waals surface area contributed by atoms with E-state index in [1.54, 1.807) is 18.0 Å². The smallest absolute Gasteiger partial charge is 0.323 e. The number of thioether (sulfide) groups is 1. The molecule has 1 amide bonds. The molecule has 4 nitrogen and oxygen atoms in total. The van der Waals surface area contributed by atoms with Crippen LogP contribution in [0.5, 0.6) is 0 Å². The molecule has 0 aliphatic rings. The van der Waals surface area contributed by atoms with Gasteiger partial charge in [0.15, 0.2) is 0 Å². The minimum absolute atomic E-state index is 0.103. The van der Waals surface area contributed by atoms with Crippen LogP contribution in [0.25, 0.3) is 0 Å². The summed E-state index contributed by atoms with van der Waals surface area (Å²) >= 11 is 1.63. The number of oxime groups is 1. The highest BCUT2D eigenvalue weighted by molar-refractivity contribution is 8.00. The largest absolute Gasteiger partial charge is 0.433 e. The fourth-order valence-electron chi connectivity index (χ4n) is 0.299. The van der Waals surface area contributed by atoms with Gasteiger partial charge in [-0.3, -0.25) is 4.84 Å². The lowest BCUT2D eigenvalue weighted by atomic mass is 10.2. The molecule has 0 heterocycles. The van der Waals surface area contributed by atoms with Gasteiger partial charge in [-0.2, -0.15) is 11.8 Å². The van der Waals surface area contributed by atoms with Crippen LogP contribution in [0, 0.1) is 0 Å². The number of hydrogen-bond donors (Lipinski definition) is 1. The van der Waals surface area contributed by atoms with Gasteiger partial charge in [-0.15, -0.1) is 0 Å². The highest BCUT2D eigenvalue weighted by Crippen LogP contribution is 2.17. The summed E-state index contributed by atoms with van der Waals surface area (Å²) in [6.07, 6.45) is 3.00. The first kappa shape index (κ1) is 11.3. The van der Waals surface area contributed by atoms with Crippen molar-refractivity contribution in [1.82, 2.24) is 5.32 Å². The molecule has 0 bridgehead atoms. The van der Waals surface area contributed by atoms with E-state index in [9.17, 15) is 4.79 Å². The first-order valence-electron chi connectivity index (χ1n) is 3.50. The molecular weight excluding hydrogens is 176 g/mol. The van der Waals surface area contributed by atoms with Gasteiger partial charge in [-0.25, -0.2) is 4.79 Å². The zero-order valence-electron chi connectivity index (χ0n) is 7.75. The first-order valence-corrected chi connectivity index (χ1v) is 4.72. The first-order chi connectivity index (χ1) is 5.52. The molecule has 0 unspecified atom stereocenters. The Morgan fingerprint density at radius 3 is 2.67 bits per heavy atom. The molecule has 0 fully saturated rings. The molecule has 0 aromatic carbocycles. The van der Waals surface area contributed by atoms with Crippen molar-refractivity contribution in [3.63, 3.8) is 0 Å². The summed E-state index contributed by atoms with van der Waals surface area (Å²) in [6.45, 7) is 3.96. The van der Waals surface area contributed by atoms with Gasteiger partial charge >= 0.3 is 6.09 Å². The van der Waals surface area contributed by atoms with E-state index in [0.717, 1.165) is 0 Å². The Labute approximate surface area is 76.7 Å². The zero-order valence-corrected chi connectivity index (χ0v) is 8.57. The van der Waals surface area contributed by atoms with Crippen LogP contribution in [0.3, 0.4) is 0 Å². The van der Waals surface area contributed by atoms with Gasteiger partial charge in [-0.1, -0.05) is 5.16 Å². The van der Waals surface area contributed by atoms with Crippen molar-refractivity contribution in [2.75, 3.05) is 13.3 Å². The molecule has 70 valence electrons. The number of rotatable bonds is 3. The molecule has 0 aromatic heterocycles. The SMILES string of the molecule is CNC(=O)O/N=C\C(C)(C)SC. The summed E-state index contributed by atoms with van der Waals surface area (Å²) < 4.78 is -0.103. The molecule has 12 heavy (non-hydrogen) atoms. The molecule has 0 spiro atoms. The second kappa shape index (κ2) is 5.03. The Morgan fingerprint density at radius 2 is 2.25 bits per heavy atom. The van der Waals surface area contributed by atoms with Crippen LogP contribution in [0.1, 0.15) is 13.8 Å². The van der Waals surface area contributed by atoms with E-state index < -0.39 is 6.09 Å². The molecule has 1 N–H and O–H groups in total.